The summed E-state index contributed by atoms with van der Waals surface area (Å²) in [7, 11) is 0. The minimum absolute atomic E-state index is 0.0784. The summed E-state index contributed by atoms with van der Waals surface area (Å²) in [6.07, 6.45) is 2.13. The van der Waals surface area contributed by atoms with Crippen molar-refractivity contribution in [3.8, 4) is 0 Å². The molecule has 1 aliphatic heterocycles. The molecule has 0 spiro atoms. The van der Waals surface area contributed by atoms with Gasteiger partial charge in [0.2, 0.25) is 4.74 Å². The Morgan fingerprint density at radius 1 is 1.40 bits per heavy atom. The van der Waals surface area contributed by atoms with E-state index < -0.39 is 0 Å². The summed E-state index contributed by atoms with van der Waals surface area (Å²) in [6, 6.07) is 9.09. The molecule has 0 bridgehead atoms. The van der Waals surface area contributed by atoms with Gasteiger partial charge in [-0.2, -0.15) is 0 Å². The van der Waals surface area contributed by atoms with Crippen molar-refractivity contribution >= 4 is 28.0 Å². The fourth-order valence-corrected chi connectivity index (χ4v) is 3.19. The number of carbonyl (C=O) groups is 1. The zero-order chi connectivity index (χ0) is 13.9. The van der Waals surface area contributed by atoms with Crippen LogP contribution in [0, 0.1) is 0 Å². The van der Waals surface area contributed by atoms with Gasteiger partial charge in [0, 0.05) is 18.5 Å². The lowest BCUT2D eigenvalue weighted by Crippen LogP contribution is -2.31. The lowest BCUT2D eigenvalue weighted by atomic mass is 10.2. The Labute approximate surface area is 120 Å². The van der Waals surface area contributed by atoms with E-state index in [1.54, 1.807) is 12.1 Å². The van der Waals surface area contributed by atoms with E-state index in [1.165, 1.54) is 0 Å². The highest BCUT2D eigenvalue weighted by Crippen LogP contribution is 2.15. The molecule has 1 aromatic heterocycles. The molecule has 1 aliphatic rings. The molecule has 104 valence electrons. The minimum atomic E-state index is -0.201. The molecule has 2 heterocycles. The molecule has 4 nitrogen and oxygen atoms in total. The topological polar surface area (TPSA) is 55.4 Å². The molecule has 1 N–H and O–H groups in total. The number of rotatable bonds is 3. The van der Waals surface area contributed by atoms with Crippen molar-refractivity contribution in [1.82, 2.24) is 5.32 Å². The van der Waals surface area contributed by atoms with Crippen molar-refractivity contribution in [3.63, 3.8) is 0 Å². The molecule has 1 fully saturated rings. The van der Waals surface area contributed by atoms with Crippen LogP contribution in [0.4, 0.5) is 0 Å². The number of carbonyl (C=O) groups excluding carboxylic acids is 1. The van der Waals surface area contributed by atoms with Gasteiger partial charge in [0.25, 0.3) is 5.91 Å². The van der Waals surface area contributed by atoms with E-state index in [2.05, 4.69) is 5.32 Å². The van der Waals surface area contributed by atoms with Gasteiger partial charge in [0.15, 0.2) is 0 Å². The number of hydrogen-bond donors (Lipinski definition) is 1. The monoisotopic (exact) mass is 289 g/mol. The Kier molecular flexibility index (Phi) is 3.80. The summed E-state index contributed by atoms with van der Waals surface area (Å²) in [5, 5.41) is 4.30. The fraction of sp³-hybridized carbons (Fsp3) is 0.333. The molecule has 0 saturated carbocycles. The van der Waals surface area contributed by atoms with E-state index in [0.717, 1.165) is 36.2 Å². The van der Waals surface area contributed by atoms with Crippen molar-refractivity contribution < 1.29 is 9.53 Å². The van der Waals surface area contributed by atoms with E-state index in [1.807, 2.05) is 18.2 Å². The summed E-state index contributed by atoms with van der Waals surface area (Å²) < 4.78 is 5.38. The number of amides is 1. The number of nitrogens with one attached hydrogen (secondary N) is 1. The first-order valence-electron chi connectivity index (χ1n) is 6.67. The first kappa shape index (κ1) is 13.3. The van der Waals surface area contributed by atoms with Crippen LogP contribution in [-0.4, -0.2) is 25.2 Å². The zero-order valence-corrected chi connectivity index (χ0v) is 11.7. The predicted molar refractivity (Wildman–Crippen MR) is 79.4 cm³/mol. The number of hydrogen-bond acceptors (Lipinski definition) is 4. The normalized spacial score (nSPS) is 18.3. The second kappa shape index (κ2) is 5.73. The smallest absolute Gasteiger partial charge is 0.261 e. The van der Waals surface area contributed by atoms with Gasteiger partial charge in [-0.15, -0.1) is 0 Å². The van der Waals surface area contributed by atoms with Crippen LogP contribution in [0.3, 0.4) is 0 Å². The molecule has 3 rings (SSSR count). The first-order chi connectivity index (χ1) is 9.74. The molecular formula is C15H15NO3S. The third-order valence-corrected chi connectivity index (χ3v) is 4.34. The van der Waals surface area contributed by atoms with Crippen LogP contribution in [0.5, 0.6) is 0 Å². The van der Waals surface area contributed by atoms with Crippen LogP contribution in [0.1, 0.15) is 22.5 Å². The molecule has 0 unspecified atom stereocenters. The number of ether oxygens (including phenoxy) is 1. The van der Waals surface area contributed by atoms with Gasteiger partial charge < -0.3 is 10.1 Å². The van der Waals surface area contributed by atoms with Crippen molar-refractivity contribution in [3.05, 3.63) is 44.7 Å². The molecule has 1 saturated heterocycles. The van der Waals surface area contributed by atoms with Gasteiger partial charge in [0.05, 0.1) is 11.0 Å². The van der Waals surface area contributed by atoms with Gasteiger partial charge in [-0.05, 0) is 30.4 Å². The summed E-state index contributed by atoms with van der Waals surface area (Å²) in [5.74, 6) is -0.201. The van der Waals surface area contributed by atoms with E-state index in [-0.39, 0.29) is 16.8 Å². The molecule has 1 aromatic carbocycles. The first-order valence-corrected chi connectivity index (χ1v) is 7.48. The Morgan fingerprint density at radius 3 is 3.05 bits per heavy atom. The molecule has 20 heavy (non-hydrogen) atoms. The third kappa shape index (κ3) is 2.73. The molecule has 2 aromatic rings. The van der Waals surface area contributed by atoms with E-state index >= 15 is 0 Å². The maximum Gasteiger partial charge on any atom is 0.261 e. The molecule has 5 heteroatoms. The van der Waals surface area contributed by atoms with Crippen LogP contribution in [-0.2, 0) is 4.74 Å². The number of fused-ring (bicyclic) bond motifs is 1. The Hall–Kier alpha value is -1.72. The average Bonchev–Trinajstić information content (AvgIpc) is 2.98. The van der Waals surface area contributed by atoms with Crippen molar-refractivity contribution in [2.75, 3.05) is 13.2 Å². The van der Waals surface area contributed by atoms with Crippen LogP contribution < -0.4 is 10.1 Å². The predicted octanol–water partition coefficient (Wildman–Crippen LogP) is 2.17. The van der Waals surface area contributed by atoms with Crippen LogP contribution >= 0.6 is 11.3 Å². The largest absolute Gasteiger partial charge is 0.376 e. The van der Waals surface area contributed by atoms with Gasteiger partial charge >= 0.3 is 0 Å². The summed E-state index contributed by atoms with van der Waals surface area (Å²) >= 11 is 0.989. The van der Waals surface area contributed by atoms with Gasteiger partial charge in [0.1, 0.15) is 0 Å². The molecule has 0 radical (unpaired) electrons. The van der Waals surface area contributed by atoms with Crippen molar-refractivity contribution in [2.45, 2.75) is 18.9 Å². The Balaban J connectivity index is 1.79. The van der Waals surface area contributed by atoms with Crippen molar-refractivity contribution in [1.29, 1.82) is 0 Å². The number of benzene rings is 1. The summed E-state index contributed by atoms with van der Waals surface area (Å²) in [4.78, 5) is 24.5. The minimum Gasteiger partial charge on any atom is -0.376 e. The van der Waals surface area contributed by atoms with E-state index in [0.29, 0.717) is 16.8 Å². The van der Waals surface area contributed by atoms with Crippen LogP contribution in [0.25, 0.3) is 10.8 Å². The quantitative estimate of drug-likeness (QED) is 0.942. The SMILES string of the molecule is O=C(NC[C@H]1CCCO1)c1cc2ccccc2c(=O)s1. The molecule has 0 aliphatic carbocycles. The molecule has 1 atom stereocenters. The lowest BCUT2D eigenvalue weighted by Gasteiger charge is -2.10. The third-order valence-electron chi connectivity index (χ3n) is 3.41. The van der Waals surface area contributed by atoms with Gasteiger partial charge in [-0.3, -0.25) is 9.59 Å². The highest BCUT2D eigenvalue weighted by atomic mass is 32.1. The van der Waals surface area contributed by atoms with Crippen molar-refractivity contribution in [2.24, 2.45) is 0 Å². The summed E-state index contributed by atoms with van der Waals surface area (Å²) in [6.45, 7) is 1.27. The second-order valence-electron chi connectivity index (χ2n) is 4.83. The standard InChI is InChI=1S/C15H15NO3S/c17-14(16-9-11-5-3-7-19-11)13-8-10-4-1-2-6-12(10)15(18)20-13/h1-2,4,6,8,11H,3,5,7,9H2,(H,16,17)/t11-/m1/s1. The van der Waals surface area contributed by atoms with E-state index in [4.69, 9.17) is 4.74 Å². The molecular weight excluding hydrogens is 274 g/mol. The maximum atomic E-state index is 12.1. The summed E-state index contributed by atoms with van der Waals surface area (Å²) in [5.41, 5.74) is 0. The second-order valence-corrected chi connectivity index (χ2v) is 5.85. The molecule has 1 amide bonds. The lowest BCUT2D eigenvalue weighted by molar-refractivity contribution is 0.0861. The van der Waals surface area contributed by atoms with Gasteiger partial charge in [-0.1, -0.05) is 29.5 Å². The fourth-order valence-electron chi connectivity index (χ4n) is 2.35. The average molecular weight is 289 g/mol. The Morgan fingerprint density at radius 2 is 2.25 bits per heavy atom. The van der Waals surface area contributed by atoms with E-state index in [9.17, 15) is 9.59 Å². The Bertz CT molecular complexity index is 689. The van der Waals surface area contributed by atoms with Crippen LogP contribution in [0.2, 0.25) is 0 Å². The maximum absolute atomic E-state index is 12.1. The van der Waals surface area contributed by atoms with Crippen LogP contribution in [0.15, 0.2) is 35.1 Å². The zero-order valence-electron chi connectivity index (χ0n) is 10.9. The van der Waals surface area contributed by atoms with Gasteiger partial charge in [-0.25, -0.2) is 0 Å². The highest BCUT2D eigenvalue weighted by Gasteiger charge is 2.17. The highest BCUT2D eigenvalue weighted by molar-refractivity contribution is 7.12.